The van der Waals surface area contributed by atoms with Crippen molar-refractivity contribution in [1.29, 1.82) is 0 Å². The van der Waals surface area contributed by atoms with Crippen LogP contribution in [0.1, 0.15) is 25.7 Å². The van der Waals surface area contributed by atoms with Crippen molar-refractivity contribution in [3.63, 3.8) is 0 Å². The highest BCUT2D eigenvalue weighted by Crippen LogP contribution is 2.22. The summed E-state index contributed by atoms with van der Waals surface area (Å²) in [7, 11) is 2.20. The minimum absolute atomic E-state index is 0.142. The van der Waals surface area contributed by atoms with Crippen molar-refractivity contribution in [3.05, 3.63) is 54.6 Å². The van der Waals surface area contributed by atoms with Gasteiger partial charge in [-0.1, -0.05) is 18.2 Å². The van der Waals surface area contributed by atoms with Crippen molar-refractivity contribution in [3.8, 4) is 0 Å². The van der Waals surface area contributed by atoms with Crippen molar-refractivity contribution in [2.45, 2.75) is 37.8 Å². The van der Waals surface area contributed by atoms with Gasteiger partial charge in [0.25, 0.3) is 0 Å². The molecule has 4 rings (SSSR count). The number of piperidine rings is 2. The predicted molar refractivity (Wildman–Crippen MR) is 124 cm³/mol. The van der Waals surface area contributed by atoms with E-state index in [0.29, 0.717) is 6.04 Å². The van der Waals surface area contributed by atoms with Gasteiger partial charge in [0.15, 0.2) is 0 Å². The summed E-state index contributed by atoms with van der Waals surface area (Å²) in [6, 6.07) is 17.8. The number of benzene rings is 2. The number of hydrogen-bond acceptors (Lipinski definition) is 5. The van der Waals surface area contributed by atoms with Crippen LogP contribution in [0.2, 0.25) is 0 Å². The molecule has 2 aromatic rings. The topological polar surface area (TPSA) is 72.3 Å². The molecule has 2 aliphatic rings. The highest BCUT2D eigenvalue weighted by molar-refractivity contribution is 5.89. The Morgan fingerprint density at radius 2 is 1.45 bits per heavy atom. The molecule has 0 aromatic heterocycles. The first-order chi connectivity index (χ1) is 15.2. The Hall–Kier alpha value is -2.77. The van der Waals surface area contributed by atoms with Crippen LogP contribution in [0.3, 0.4) is 0 Å². The fraction of sp³-hybridized carbons (Fsp3) is 0.458. The van der Waals surface area contributed by atoms with Crippen LogP contribution >= 0.6 is 0 Å². The van der Waals surface area contributed by atoms with E-state index in [-0.39, 0.29) is 12.1 Å². The number of azo groups is 1. The molecule has 2 fully saturated rings. The molecule has 0 bridgehead atoms. The van der Waals surface area contributed by atoms with Gasteiger partial charge in [-0.15, -0.1) is 0 Å². The Morgan fingerprint density at radius 1 is 0.839 bits per heavy atom. The fourth-order valence-corrected chi connectivity index (χ4v) is 4.34. The zero-order valence-corrected chi connectivity index (χ0v) is 18.2. The van der Waals surface area contributed by atoms with Gasteiger partial charge in [-0.05, 0) is 82.2 Å². The van der Waals surface area contributed by atoms with Gasteiger partial charge >= 0.3 is 6.03 Å². The minimum atomic E-state index is -0.142. The SMILES string of the molecule is CN1CCC(N2CCC(NC(=O)Nc3ccc(N=Nc4ccccc4)cc3)CC2)CC1. The van der Waals surface area contributed by atoms with E-state index in [2.05, 4.69) is 37.7 Å². The molecule has 0 spiro atoms. The van der Waals surface area contributed by atoms with Crippen molar-refractivity contribution in [2.24, 2.45) is 10.2 Å². The second-order valence-corrected chi connectivity index (χ2v) is 8.53. The minimum Gasteiger partial charge on any atom is -0.335 e. The van der Waals surface area contributed by atoms with Gasteiger partial charge in [-0.2, -0.15) is 10.2 Å². The van der Waals surface area contributed by atoms with Gasteiger partial charge in [0, 0.05) is 30.9 Å². The van der Waals surface area contributed by atoms with Crippen LogP contribution in [0.25, 0.3) is 0 Å². The third-order valence-corrected chi connectivity index (χ3v) is 6.23. The summed E-state index contributed by atoms with van der Waals surface area (Å²) in [6.07, 6.45) is 4.54. The van der Waals surface area contributed by atoms with Crippen LogP contribution in [0, 0.1) is 0 Å². The first-order valence-electron chi connectivity index (χ1n) is 11.2. The molecule has 2 N–H and O–H groups in total. The van der Waals surface area contributed by atoms with E-state index in [1.165, 1.54) is 25.9 Å². The summed E-state index contributed by atoms with van der Waals surface area (Å²) in [6.45, 7) is 4.52. The smallest absolute Gasteiger partial charge is 0.319 e. The Bertz CT molecular complexity index is 853. The summed E-state index contributed by atoms with van der Waals surface area (Å²) in [5.74, 6) is 0. The zero-order valence-electron chi connectivity index (χ0n) is 18.2. The third kappa shape index (κ3) is 6.35. The normalized spacial score (nSPS) is 19.5. The van der Waals surface area contributed by atoms with Crippen molar-refractivity contribution in [1.82, 2.24) is 15.1 Å². The molecular weight excluding hydrogens is 388 g/mol. The van der Waals surface area contributed by atoms with Crippen LogP contribution in [0.5, 0.6) is 0 Å². The first kappa shape index (κ1) is 21.5. The zero-order chi connectivity index (χ0) is 21.5. The van der Waals surface area contributed by atoms with Gasteiger partial charge < -0.3 is 20.4 Å². The lowest BCUT2D eigenvalue weighted by atomic mass is 9.98. The monoisotopic (exact) mass is 420 g/mol. The van der Waals surface area contributed by atoms with Gasteiger partial charge in [0.1, 0.15) is 0 Å². The van der Waals surface area contributed by atoms with Gasteiger partial charge in [-0.25, -0.2) is 4.79 Å². The predicted octanol–water partition coefficient (Wildman–Crippen LogP) is 4.78. The van der Waals surface area contributed by atoms with E-state index in [1.54, 1.807) is 0 Å². The maximum absolute atomic E-state index is 12.4. The average Bonchev–Trinajstić information content (AvgIpc) is 2.80. The summed E-state index contributed by atoms with van der Waals surface area (Å²) < 4.78 is 0. The number of carbonyl (C=O) groups is 1. The van der Waals surface area contributed by atoms with Crippen LogP contribution in [0.15, 0.2) is 64.8 Å². The highest BCUT2D eigenvalue weighted by atomic mass is 16.2. The molecule has 164 valence electrons. The summed E-state index contributed by atoms with van der Waals surface area (Å²) in [5, 5.41) is 14.5. The molecule has 0 unspecified atom stereocenters. The average molecular weight is 421 g/mol. The van der Waals surface area contributed by atoms with E-state index in [1.807, 2.05) is 54.6 Å². The molecule has 2 saturated heterocycles. The van der Waals surface area contributed by atoms with E-state index in [9.17, 15) is 4.79 Å². The quantitative estimate of drug-likeness (QED) is 0.684. The van der Waals surface area contributed by atoms with Gasteiger partial charge in [-0.3, -0.25) is 0 Å². The van der Waals surface area contributed by atoms with E-state index in [4.69, 9.17) is 0 Å². The second-order valence-electron chi connectivity index (χ2n) is 8.53. The standard InChI is InChI=1S/C24H32N6O/c1-29-15-13-23(14-16-29)30-17-11-20(12-18-30)26-24(31)25-19-7-9-22(10-8-19)28-27-21-5-3-2-4-6-21/h2-10,20,23H,11-18H2,1H3,(H2,25,26,31). The number of carbonyl (C=O) groups excluding carboxylic acids is 1. The maximum Gasteiger partial charge on any atom is 0.319 e. The molecule has 0 saturated carbocycles. The van der Waals surface area contributed by atoms with Gasteiger partial charge in [0.05, 0.1) is 11.4 Å². The number of rotatable bonds is 5. The Labute approximate surface area is 184 Å². The summed E-state index contributed by atoms with van der Waals surface area (Å²) in [4.78, 5) is 17.4. The largest absolute Gasteiger partial charge is 0.335 e. The molecule has 2 amide bonds. The molecule has 0 aliphatic carbocycles. The number of nitrogens with zero attached hydrogens (tertiary/aromatic N) is 4. The Morgan fingerprint density at radius 3 is 2.10 bits per heavy atom. The number of urea groups is 1. The van der Waals surface area contributed by atoms with Gasteiger partial charge in [0.2, 0.25) is 0 Å². The van der Waals surface area contributed by atoms with E-state index >= 15 is 0 Å². The third-order valence-electron chi connectivity index (χ3n) is 6.23. The summed E-state index contributed by atoms with van der Waals surface area (Å²) >= 11 is 0. The first-order valence-corrected chi connectivity index (χ1v) is 11.2. The number of amides is 2. The molecule has 0 atom stereocenters. The van der Waals surface area contributed by atoms with Crippen LogP contribution in [-0.2, 0) is 0 Å². The molecule has 0 radical (unpaired) electrons. The molecule has 2 aliphatic heterocycles. The van der Waals surface area contributed by atoms with E-state index in [0.717, 1.165) is 43.0 Å². The molecular formula is C24H32N6O. The lowest BCUT2D eigenvalue weighted by Gasteiger charge is -2.41. The number of anilines is 1. The lowest BCUT2D eigenvalue weighted by molar-refractivity contribution is 0.0938. The van der Waals surface area contributed by atoms with Crippen molar-refractivity contribution >= 4 is 23.1 Å². The Kier molecular flexibility index (Phi) is 7.27. The molecule has 2 heterocycles. The molecule has 2 aromatic carbocycles. The number of likely N-dealkylation sites (tertiary alicyclic amines) is 2. The van der Waals surface area contributed by atoms with Crippen molar-refractivity contribution in [2.75, 3.05) is 38.5 Å². The number of hydrogen-bond donors (Lipinski definition) is 2. The second kappa shape index (κ2) is 10.5. The van der Waals surface area contributed by atoms with Crippen molar-refractivity contribution < 1.29 is 4.79 Å². The van der Waals surface area contributed by atoms with Crippen LogP contribution in [0.4, 0.5) is 21.9 Å². The summed E-state index contributed by atoms with van der Waals surface area (Å²) in [5.41, 5.74) is 2.31. The number of nitrogens with one attached hydrogen (secondary N) is 2. The van der Waals surface area contributed by atoms with Crippen LogP contribution in [-0.4, -0.2) is 61.1 Å². The fourth-order valence-electron chi connectivity index (χ4n) is 4.34. The highest BCUT2D eigenvalue weighted by Gasteiger charge is 2.27. The molecule has 7 nitrogen and oxygen atoms in total. The lowest BCUT2D eigenvalue weighted by Crippen LogP contribution is -2.51. The van der Waals surface area contributed by atoms with E-state index < -0.39 is 0 Å². The maximum atomic E-state index is 12.4. The molecule has 7 heteroatoms. The molecule has 31 heavy (non-hydrogen) atoms. The van der Waals surface area contributed by atoms with Crippen LogP contribution < -0.4 is 10.6 Å². The Balaban J connectivity index is 1.20.